The van der Waals surface area contributed by atoms with Gasteiger partial charge in [-0.3, -0.25) is 14.2 Å². The zero-order chi connectivity index (χ0) is 23.8. The second kappa shape index (κ2) is 8.58. The number of nitrogens with zero attached hydrogens (tertiary/aromatic N) is 6. The Morgan fingerprint density at radius 1 is 1.18 bits per heavy atom. The molecule has 3 N–H and O–H groups in total. The van der Waals surface area contributed by atoms with Gasteiger partial charge in [-0.15, -0.1) is 0 Å². The van der Waals surface area contributed by atoms with E-state index in [4.69, 9.17) is 5.73 Å². The maximum atomic E-state index is 14.4. The number of Topliss-reactive ketones (excluding diaryl/α,β-unsaturated/α-hetero) is 1. The fourth-order valence-corrected chi connectivity index (χ4v) is 4.22. The summed E-state index contributed by atoms with van der Waals surface area (Å²) >= 11 is 0. The Morgan fingerprint density at radius 2 is 1.97 bits per heavy atom. The number of benzene rings is 1. The molecule has 0 atom stereocenters. The van der Waals surface area contributed by atoms with Crippen LogP contribution in [0.15, 0.2) is 47.4 Å². The standard InChI is InChI=1S/C23H23FN8O2/c1-2-11-30(21-18-16(33)8-10-26-20(18)27-23(25)28-21)13-17-29-31-12-9-15(24)19(31)22(34)32(17)14-6-4-3-5-7-14/h3-7,9,12H,2,8,10-11,13H2,1H3,(H3,25,26,27,28). The van der Waals surface area contributed by atoms with E-state index in [9.17, 15) is 14.0 Å². The quantitative estimate of drug-likeness (QED) is 0.448. The molecule has 0 spiro atoms. The molecule has 1 aliphatic rings. The zero-order valence-corrected chi connectivity index (χ0v) is 18.5. The van der Waals surface area contributed by atoms with Gasteiger partial charge in [0, 0.05) is 25.7 Å². The largest absolute Gasteiger partial charge is 0.369 e. The number of nitrogens with two attached hydrogens (primary N) is 1. The number of aromatic nitrogens is 5. The van der Waals surface area contributed by atoms with Crippen LogP contribution in [0, 0.1) is 5.82 Å². The van der Waals surface area contributed by atoms with E-state index in [1.165, 1.54) is 21.3 Å². The van der Waals surface area contributed by atoms with Crippen molar-refractivity contribution in [2.24, 2.45) is 0 Å². The van der Waals surface area contributed by atoms with Gasteiger partial charge in [-0.05, 0) is 24.6 Å². The summed E-state index contributed by atoms with van der Waals surface area (Å²) in [4.78, 5) is 36.6. The van der Waals surface area contributed by atoms with Gasteiger partial charge < -0.3 is 16.0 Å². The number of carbonyl (C=O) groups excluding carboxylic acids is 1. The van der Waals surface area contributed by atoms with Gasteiger partial charge in [0.2, 0.25) is 5.95 Å². The number of para-hydroxylation sites is 1. The summed E-state index contributed by atoms with van der Waals surface area (Å²) in [5, 5.41) is 7.67. The Bertz CT molecular complexity index is 1450. The minimum Gasteiger partial charge on any atom is -0.369 e. The van der Waals surface area contributed by atoms with E-state index >= 15 is 0 Å². The normalized spacial score (nSPS) is 13.1. The summed E-state index contributed by atoms with van der Waals surface area (Å²) in [7, 11) is 0. The smallest absolute Gasteiger partial charge is 0.285 e. The van der Waals surface area contributed by atoms with E-state index in [-0.39, 0.29) is 23.8 Å². The number of hydrogen-bond acceptors (Lipinski definition) is 8. The summed E-state index contributed by atoms with van der Waals surface area (Å²) in [5.41, 5.74) is 6.21. The van der Waals surface area contributed by atoms with Crippen LogP contribution in [0.25, 0.3) is 11.2 Å². The number of hydrogen-bond donors (Lipinski definition) is 2. The van der Waals surface area contributed by atoms with Crippen LogP contribution in [0.4, 0.5) is 22.0 Å². The predicted molar refractivity (Wildman–Crippen MR) is 126 cm³/mol. The van der Waals surface area contributed by atoms with Crippen molar-refractivity contribution in [2.45, 2.75) is 26.3 Å². The number of anilines is 3. The molecule has 0 amide bonds. The summed E-state index contributed by atoms with van der Waals surface area (Å²) in [6.07, 6.45) is 2.46. The third kappa shape index (κ3) is 3.64. The predicted octanol–water partition coefficient (Wildman–Crippen LogP) is 2.41. The monoisotopic (exact) mass is 462 g/mol. The molecule has 4 aromatic rings. The topological polar surface area (TPSA) is 123 Å². The molecule has 0 bridgehead atoms. The van der Waals surface area contributed by atoms with Crippen molar-refractivity contribution in [1.82, 2.24) is 24.1 Å². The van der Waals surface area contributed by atoms with E-state index < -0.39 is 11.4 Å². The Hall–Kier alpha value is -4.28. The molecule has 0 aliphatic carbocycles. The van der Waals surface area contributed by atoms with Gasteiger partial charge in [0.1, 0.15) is 17.2 Å². The highest BCUT2D eigenvalue weighted by Crippen LogP contribution is 2.30. The van der Waals surface area contributed by atoms with Crippen LogP contribution >= 0.6 is 0 Å². The number of rotatable bonds is 6. The first-order valence-electron chi connectivity index (χ1n) is 11.0. The lowest BCUT2D eigenvalue weighted by Gasteiger charge is -2.28. The number of carbonyl (C=O) groups is 1. The number of fused-ring (bicyclic) bond motifs is 2. The van der Waals surface area contributed by atoms with Crippen LogP contribution in [-0.2, 0) is 6.54 Å². The maximum absolute atomic E-state index is 14.4. The van der Waals surface area contributed by atoms with Gasteiger partial charge in [0.25, 0.3) is 5.56 Å². The fraction of sp³-hybridized carbons (Fsp3) is 0.261. The summed E-state index contributed by atoms with van der Waals surface area (Å²) in [5.74, 6) is 0.448. The summed E-state index contributed by atoms with van der Waals surface area (Å²) in [6, 6.07) is 10.1. The minimum absolute atomic E-state index is 0.0356. The summed E-state index contributed by atoms with van der Waals surface area (Å²) < 4.78 is 17.0. The minimum atomic E-state index is -0.645. The SMILES string of the molecule is CCCN(Cc1nn2ccc(F)c2c(=O)n1-c1ccccc1)c1nc(N)nc2c1C(=O)CCN2. The average molecular weight is 462 g/mol. The lowest BCUT2D eigenvalue weighted by molar-refractivity contribution is 0.0983. The maximum Gasteiger partial charge on any atom is 0.285 e. The third-order valence-corrected chi connectivity index (χ3v) is 5.67. The molecular weight excluding hydrogens is 439 g/mol. The Labute approximate surface area is 193 Å². The number of nitrogens with one attached hydrogen (secondary N) is 1. The van der Waals surface area contributed by atoms with Gasteiger partial charge in [-0.25, -0.2) is 8.91 Å². The second-order valence-corrected chi connectivity index (χ2v) is 8.00. The van der Waals surface area contributed by atoms with Crippen molar-refractivity contribution >= 4 is 28.9 Å². The molecule has 4 heterocycles. The third-order valence-electron chi connectivity index (χ3n) is 5.67. The van der Waals surface area contributed by atoms with Crippen molar-refractivity contribution < 1.29 is 9.18 Å². The average Bonchev–Trinajstić information content (AvgIpc) is 3.19. The Balaban J connectivity index is 1.70. The molecule has 0 saturated carbocycles. The van der Waals surface area contributed by atoms with Gasteiger partial charge in [-0.1, -0.05) is 25.1 Å². The number of ketones is 1. The first-order valence-corrected chi connectivity index (χ1v) is 11.0. The first-order chi connectivity index (χ1) is 16.5. The van der Waals surface area contributed by atoms with Crippen LogP contribution in [0.3, 0.4) is 0 Å². The van der Waals surface area contributed by atoms with Crippen LogP contribution in [0.2, 0.25) is 0 Å². The Morgan fingerprint density at radius 3 is 2.74 bits per heavy atom. The molecule has 0 saturated heterocycles. The fourth-order valence-electron chi connectivity index (χ4n) is 4.22. The molecule has 1 aliphatic heterocycles. The van der Waals surface area contributed by atoms with Crippen LogP contribution in [0.1, 0.15) is 35.9 Å². The van der Waals surface area contributed by atoms with Crippen molar-refractivity contribution in [3.8, 4) is 5.69 Å². The summed E-state index contributed by atoms with van der Waals surface area (Å²) in [6.45, 7) is 3.11. The number of halogens is 1. The molecule has 5 rings (SSSR count). The van der Waals surface area contributed by atoms with E-state index in [2.05, 4.69) is 20.4 Å². The van der Waals surface area contributed by atoms with E-state index in [1.807, 2.05) is 17.9 Å². The lowest BCUT2D eigenvalue weighted by atomic mass is 10.1. The molecule has 1 aromatic carbocycles. The number of nitrogen functional groups attached to an aromatic ring is 1. The molecule has 3 aromatic heterocycles. The lowest BCUT2D eigenvalue weighted by Crippen LogP contribution is -2.34. The van der Waals surface area contributed by atoms with Gasteiger partial charge in [0.15, 0.2) is 22.9 Å². The molecule has 0 unspecified atom stereocenters. The van der Waals surface area contributed by atoms with Crippen molar-refractivity contribution in [3.05, 3.63) is 70.2 Å². The highest BCUT2D eigenvalue weighted by molar-refractivity contribution is 6.06. The Kier molecular flexibility index (Phi) is 5.44. The van der Waals surface area contributed by atoms with Crippen LogP contribution in [-0.4, -0.2) is 43.0 Å². The van der Waals surface area contributed by atoms with E-state index in [0.717, 1.165) is 6.42 Å². The van der Waals surface area contributed by atoms with Crippen LogP contribution < -0.4 is 21.5 Å². The van der Waals surface area contributed by atoms with Gasteiger partial charge in [0.05, 0.1) is 12.2 Å². The molecule has 174 valence electrons. The van der Waals surface area contributed by atoms with Crippen molar-refractivity contribution in [3.63, 3.8) is 0 Å². The van der Waals surface area contributed by atoms with Gasteiger partial charge >= 0.3 is 0 Å². The van der Waals surface area contributed by atoms with Crippen molar-refractivity contribution in [1.29, 1.82) is 0 Å². The zero-order valence-electron chi connectivity index (χ0n) is 18.5. The van der Waals surface area contributed by atoms with Gasteiger partial charge in [-0.2, -0.15) is 15.1 Å². The van der Waals surface area contributed by atoms with Crippen LogP contribution in [0.5, 0.6) is 0 Å². The molecule has 10 nitrogen and oxygen atoms in total. The van der Waals surface area contributed by atoms with Crippen molar-refractivity contribution in [2.75, 3.05) is 29.0 Å². The molecular formula is C23H23FN8O2. The first kappa shape index (κ1) is 21.6. The highest BCUT2D eigenvalue weighted by Gasteiger charge is 2.28. The van der Waals surface area contributed by atoms with E-state index in [0.29, 0.717) is 48.2 Å². The molecule has 11 heteroatoms. The molecule has 0 radical (unpaired) electrons. The molecule has 34 heavy (non-hydrogen) atoms. The highest BCUT2D eigenvalue weighted by atomic mass is 19.1. The van der Waals surface area contributed by atoms with E-state index in [1.54, 1.807) is 24.3 Å². The molecule has 0 fully saturated rings. The second-order valence-electron chi connectivity index (χ2n) is 8.00.